The van der Waals surface area contributed by atoms with E-state index in [9.17, 15) is 14.4 Å². The summed E-state index contributed by atoms with van der Waals surface area (Å²) in [6.45, 7) is 1.73. The highest BCUT2D eigenvalue weighted by atomic mass is 35.5. The minimum atomic E-state index is -1.68. The van der Waals surface area contributed by atoms with Crippen LogP contribution < -0.4 is 25.3 Å². The van der Waals surface area contributed by atoms with Crippen molar-refractivity contribution in [1.29, 1.82) is 0 Å². The van der Waals surface area contributed by atoms with Crippen molar-refractivity contribution in [1.82, 2.24) is 4.98 Å². The Morgan fingerprint density at radius 1 is 1.17 bits per heavy atom. The highest BCUT2D eigenvalue weighted by Gasteiger charge is 2.60. The molecule has 2 heterocycles. The number of nitrogens with one attached hydrogen (secondary N) is 1. The van der Waals surface area contributed by atoms with Gasteiger partial charge in [-0.2, -0.15) is 0 Å². The molecule has 2 atom stereocenters. The van der Waals surface area contributed by atoms with E-state index in [4.69, 9.17) is 31.5 Å². The van der Waals surface area contributed by atoms with Gasteiger partial charge in [-0.15, -0.1) is 0 Å². The largest absolute Gasteiger partial charge is 0.496 e. The number of ketones is 2. The molecule has 9 nitrogen and oxygen atoms in total. The maximum atomic E-state index is 14.1. The van der Waals surface area contributed by atoms with Gasteiger partial charge in [-0.1, -0.05) is 36.7 Å². The van der Waals surface area contributed by atoms with Crippen molar-refractivity contribution in [3.8, 4) is 17.2 Å². The molecular formula is C26H22ClN3O6. The van der Waals surface area contributed by atoms with Gasteiger partial charge >= 0.3 is 0 Å². The average molecular weight is 508 g/mol. The third-order valence-electron chi connectivity index (χ3n) is 6.58. The Morgan fingerprint density at radius 2 is 1.86 bits per heavy atom. The van der Waals surface area contributed by atoms with Crippen LogP contribution in [0.15, 0.2) is 42.5 Å². The van der Waals surface area contributed by atoms with Crippen LogP contribution in [0.1, 0.15) is 50.1 Å². The maximum Gasteiger partial charge on any atom is 0.252 e. The molecule has 1 amide bonds. The number of carbonyl (C=O) groups excluding carboxylic acids is 3. The summed E-state index contributed by atoms with van der Waals surface area (Å²) in [5.41, 5.74) is 4.89. The molecule has 1 aliphatic carbocycles. The first-order chi connectivity index (χ1) is 17.2. The second kappa shape index (κ2) is 8.53. The molecule has 0 saturated heterocycles. The SMILES string of the molecule is COc1cc(OC)c2c(c1Cl)O[C@]1(C2=O)c2nc(Nc3ccccc3)c(C(N)=O)cc2C(=O)C[C@H]1C. The molecule has 0 fully saturated rings. The van der Waals surface area contributed by atoms with Crippen molar-refractivity contribution in [2.24, 2.45) is 11.7 Å². The predicted molar refractivity (Wildman–Crippen MR) is 132 cm³/mol. The molecule has 1 spiro atoms. The van der Waals surface area contributed by atoms with Crippen molar-refractivity contribution in [2.45, 2.75) is 18.9 Å². The van der Waals surface area contributed by atoms with E-state index in [1.165, 1.54) is 26.4 Å². The zero-order valence-electron chi connectivity index (χ0n) is 19.7. The van der Waals surface area contributed by atoms with E-state index in [1.54, 1.807) is 31.2 Å². The monoisotopic (exact) mass is 507 g/mol. The Kier molecular flexibility index (Phi) is 5.60. The molecule has 0 unspecified atom stereocenters. The molecule has 2 aromatic carbocycles. The van der Waals surface area contributed by atoms with Gasteiger partial charge in [0.25, 0.3) is 5.91 Å². The molecular weight excluding hydrogens is 486 g/mol. The smallest absolute Gasteiger partial charge is 0.252 e. The van der Waals surface area contributed by atoms with E-state index in [2.05, 4.69) is 10.3 Å². The number of hydrogen-bond donors (Lipinski definition) is 2. The number of amides is 1. The van der Waals surface area contributed by atoms with E-state index in [0.717, 1.165) is 0 Å². The van der Waals surface area contributed by atoms with Crippen LogP contribution in [0, 0.1) is 5.92 Å². The summed E-state index contributed by atoms with van der Waals surface area (Å²) in [5.74, 6) is -1.46. The molecule has 0 bridgehead atoms. The minimum absolute atomic E-state index is 0.0101. The normalized spacial score (nSPS) is 19.9. The summed E-state index contributed by atoms with van der Waals surface area (Å²) in [5, 5.41) is 3.17. The molecule has 3 N–H and O–H groups in total. The molecule has 1 aliphatic heterocycles. The summed E-state index contributed by atoms with van der Waals surface area (Å²) in [6, 6.07) is 11.9. The molecule has 184 valence electrons. The lowest BCUT2D eigenvalue weighted by molar-refractivity contribution is 0.0194. The van der Waals surface area contributed by atoms with Crippen molar-refractivity contribution in [3.63, 3.8) is 0 Å². The van der Waals surface area contributed by atoms with Gasteiger partial charge in [0, 0.05) is 29.7 Å². The van der Waals surface area contributed by atoms with Crippen LogP contribution in [0.25, 0.3) is 0 Å². The van der Waals surface area contributed by atoms with E-state index >= 15 is 0 Å². The fourth-order valence-corrected chi connectivity index (χ4v) is 5.06. The van der Waals surface area contributed by atoms with Crippen LogP contribution in [-0.4, -0.2) is 36.7 Å². The number of pyridine rings is 1. The predicted octanol–water partition coefficient (Wildman–Crippen LogP) is 4.29. The number of para-hydroxylation sites is 1. The number of rotatable bonds is 5. The standard InChI is InChI=1S/C26H22ClN3O6/c1-12-9-16(31)14-10-15(24(28)33)25(29-13-7-5-4-6-8-13)30-22(14)26(12)23(32)19-17(34-2)11-18(35-3)20(27)21(19)36-26/h4-8,10-12H,9H2,1-3H3,(H2,28,33)(H,29,30)/t12-,26+/m1/s1. The first kappa shape index (κ1) is 23.6. The lowest BCUT2D eigenvalue weighted by Gasteiger charge is -2.37. The van der Waals surface area contributed by atoms with E-state index in [0.29, 0.717) is 5.69 Å². The Labute approximate surface area is 211 Å². The van der Waals surface area contributed by atoms with Gasteiger partial charge < -0.3 is 25.3 Å². The molecule has 10 heteroatoms. The van der Waals surface area contributed by atoms with Gasteiger partial charge in [-0.25, -0.2) is 4.98 Å². The second-order valence-electron chi connectivity index (χ2n) is 8.63. The quantitative estimate of drug-likeness (QED) is 0.523. The van der Waals surface area contributed by atoms with Crippen LogP contribution in [0.5, 0.6) is 17.2 Å². The summed E-state index contributed by atoms with van der Waals surface area (Å²) in [6.07, 6.45) is -0.0187. The number of ether oxygens (including phenoxy) is 3. The first-order valence-electron chi connectivity index (χ1n) is 11.1. The number of aromatic nitrogens is 1. The van der Waals surface area contributed by atoms with Gasteiger partial charge in [0.05, 0.1) is 19.8 Å². The van der Waals surface area contributed by atoms with Crippen molar-refractivity contribution < 1.29 is 28.6 Å². The maximum absolute atomic E-state index is 14.1. The number of benzene rings is 2. The summed E-state index contributed by atoms with van der Waals surface area (Å²) in [7, 11) is 2.85. The van der Waals surface area contributed by atoms with E-state index in [-0.39, 0.29) is 62.7 Å². The number of fused-ring (bicyclic) bond motifs is 3. The lowest BCUT2D eigenvalue weighted by Crippen LogP contribution is -2.49. The fraction of sp³-hybridized carbons (Fsp3) is 0.231. The highest BCUT2D eigenvalue weighted by Crippen LogP contribution is 2.56. The van der Waals surface area contributed by atoms with Crippen molar-refractivity contribution in [3.05, 3.63) is 69.9 Å². The zero-order valence-corrected chi connectivity index (χ0v) is 20.4. The number of primary amides is 1. The molecule has 5 rings (SSSR count). The molecule has 1 aromatic heterocycles. The number of anilines is 2. The van der Waals surface area contributed by atoms with Gasteiger partial charge in [-0.3, -0.25) is 14.4 Å². The van der Waals surface area contributed by atoms with Crippen LogP contribution in [0.4, 0.5) is 11.5 Å². The number of halogens is 1. The van der Waals surface area contributed by atoms with Crippen LogP contribution >= 0.6 is 11.6 Å². The first-order valence-corrected chi connectivity index (χ1v) is 11.5. The molecule has 0 radical (unpaired) electrons. The Balaban J connectivity index is 1.76. The van der Waals surface area contributed by atoms with Gasteiger partial charge in [0.1, 0.15) is 33.6 Å². The average Bonchev–Trinajstić information content (AvgIpc) is 3.18. The van der Waals surface area contributed by atoms with E-state index < -0.39 is 23.2 Å². The third kappa shape index (κ3) is 3.30. The van der Waals surface area contributed by atoms with Crippen molar-refractivity contribution in [2.75, 3.05) is 19.5 Å². The van der Waals surface area contributed by atoms with Crippen LogP contribution in [0.2, 0.25) is 5.02 Å². The molecule has 0 saturated carbocycles. The van der Waals surface area contributed by atoms with Crippen molar-refractivity contribution >= 4 is 40.6 Å². The number of methoxy groups -OCH3 is 2. The Bertz CT molecular complexity index is 1440. The second-order valence-corrected chi connectivity index (χ2v) is 9.01. The molecule has 36 heavy (non-hydrogen) atoms. The summed E-state index contributed by atoms with van der Waals surface area (Å²) < 4.78 is 17.1. The van der Waals surface area contributed by atoms with Gasteiger partial charge in [-0.05, 0) is 18.2 Å². The third-order valence-corrected chi connectivity index (χ3v) is 6.94. The lowest BCUT2D eigenvalue weighted by atomic mass is 9.71. The number of nitrogens with zero attached hydrogens (tertiary/aromatic N) is 1. The minimum Gasteiger partial charge on any atom is -0.496 e. The zero-order chi connectivity index (χ0) is 25.8. The molecule has 2 aliphatic rings. The van der Waals surface area contributed by atoms with E-state index in [1.807, 2.05) is 6.07 Å². The fourth-order valence-electron chi connectivity index (χ4n) is 4.80. The Morgan fingerprint density at radius 3 is 2.50 bits per heavy atom. The Hall–Kier alpha value is -4.11. The number of carbonyl (C=O) groups is 3. The van der Waals surface area contributed by atoms with Gasteiger partial charge in [0.2, 0.25) is 11.4 Å². The topological polar surface area (TPSA) is 130 Å². The van der Waals surface area contributed by atoms with Crippen LogP contribution in [0.3, 0.4) is 0 Å². The van der Waals surface area contributed by atoms with Gasteiger partial charge in [0.15, 0.2) is 11.5 Å². The summed E-state index contributed by atoms with van der Waals surface area (Å²) >= 11 is 6.54. The summed E-state index contributed by atoms with van der Waals surface area (Å²) in [4.78, 5) is 44.1. The van der Waals surface area contributed by atoms with Crippen LogP contribution in [-0.2, 0) is 5.60 Å². The number of hydrogen-bond acceptors (Lipinski definition) is 8. The number of nitrogens with two attached hydrogens (primary N) is 1. The molecule has 3 aromatic rings. The number of Topliss-reactive ketones (excluding diaryl/α,β-unsaturated/α-hetero) is 2. The highest BCUT2D eigenvalue weighted by molar-refractivity contribution is 6.35.